The first-order valence-corrected chi connectivity index (χ1v) is 8.39. The molecule has 25 heavy (non-hydrogen) atoms. The summed E-state index contributed by atoms with van der Waals surface area (Å²) in [6, 6.07) is 7.82. The first-order valence-electron chi connectivity index (χ1n) is 8.39. The number of anilines is 2. The Morgan fingerprint density at radius 3 is 2.80 bits per heavy atom. The van der Waals surface area contributed by atoms with E-state index >= 15 is 0 Å². The third kappa shape index (κ3) is 4.45. The first kappa shape index (κ1) is 17.2. The Hall–Kier alpha value is -2.67. The minimum absolute atomic E-state index is 0.121. The molecule has 3 N–H and O–H groups in total. The van der Waals surface area contributed by atoms with Crippen LogP contribution >= 0.6 is 0 Å². The smallest absolute Gasteiger partial charge is 0.227 e. The van der Waals surface area contributed by atoms with E-state index in [1.807, 2.05) is 29.2 Å². The van der Waals surface area contributed by atoms with Crippen LogP contribution in [0.15, 0.2) is 30.5 Å². The van der Waals surface area contributed by atoms with Crippen molar-refractivity contribution in [3.63, 3.8) is 0 Å². The number of nitrogens with one attached hydrogen (secondary N) is 1. The summed E-state index contributed by atoms with van der Waals surface area (Å²) < 4.78 is 5.30. The number of carbonyl (C=O) groups excluding carboxylic acids is 1. The zero-order valence-electron chi connectivity index (χ0n) is 14.4. The molecule has 1 aliphatic heterocycles. The average molecular weight is 341 g/mol. The fourth-order valence-corrected chi connectivity index (χ4v) is 2.77. The molecule has 1 saturated heterocycles. The van der Waals surface area contributed by atoms with Crippen molar-refractivity contribution in [2.75, 3.05) is 37.4 Å². The summed E-state index contributed by atoms with van der Waals surface area (Å²) in [5.74, 6) is 1.25. The number of para-hydroxylation sites is 1. The molecule has 7 nitrogen and oxygen atoms in total. The van der Waals surface area contributed by atoms with Gasteiger partial charge < -0.3 is 20.7 Å². The van der Waals surface area contributed by atoms with E-state index in [9.17, 15) is 4.79 Å². The Kier molecular flexibility index (Phi) is 5.45. The zero-order chi connectivity index (χ0) is 17.6. The highest BCUT2D eigenvalue weighted by atomic mass is 16.5. The molecule has 1 aromatic heterocycles. The zero-order valence-corrected chi connectivity index (χ0v) is 14.4. The number of morpholine rings is 1. The third-order valence-corrected chi connectivity index (χ3v) is 4.21. The molecule has 0 unspecified atom stereocenters. The largest absolute Gasteiger partial charge is 0.383 e. The predicted octanol–water partition coefficient (Wildman–Crippen LogP) is 1.38. The normalized spacial score (nSPS) is 14.4. The van der Waals surface area contributed by atoms with E-state index in [0.717, 1.165) is 16.8 Å². The maximum atomic E-state index is 12.5. The molecule has 1 aromatic carbocycles. The van der Waals surface area contributed by atoms with Crippen molar-refractivity contribution < 1.29 is 9.53 Å². The highest BCUT2D eigenvalue weighted by Gasteiger charge is 2.18. The molecule has 132 valence electrons. The number of carbonyl (C=O) groups is 1. The Morgan fingerprint density at radius 1 is 1.28 bits per heavy atom. The van der Waals surface area contributed by atoms with E-state index in [-0.39, 0.29) is 5.91 Å². The lowest BCUT2D eigenvalue weighted by Gasteiger charge is -2.27. The van der Waals surface area contributed by atoms with E-state index < -0.39 is 0 Å². The molecule has 0 saturated carbocycles. The second-order valence-corrected chi connectivity index (χ2v) is 6.01. The van der Waals surface area contributed by atoms with Gasteiger partial charge in [-0.25, -0.2) is 9.97 Å². The van der Waals surface area contributed by atoms with Crippen LogP contribution in [0.1, 0.15) is 17.0 Å². The van der Waals surface area contributed by atoms with Crippen molar-refractivity contribution in [3.8, 4) is 0 Å². The monoisotopic (exact) mass is 341 g/mol. The average Bonchev–Trinajstić information content (AvgIpc) is 2.63. The quantitative estimate of drug-likeness (QED) is 0.853. The molecule has 1 amide bonds. The van der Waals surface area contributed by atoms with Gasteiger partial charge in [0.1, 0.15) is 11.6 Å². The lowest BCUT2D eigenvalue weighted by molar-refractivity contribution is -0.134. The standard InChI is InChI=1S/C18H23N5O2/c1-13-20-11-15(18(19)22-13)12-21-16-5-3-2-4-14(16)10-17(24)23-6-8-25-9-7-23/h2-5,11,21H,6-10,12H2,1H3,(H2,19,20,22). The lowest BCUT2D eigenvalue weighted by Crippen LogP contribution is -2.41. The van der Waals surface area contributed by atoms with E-state index in [0.29, 0.717) is 50.9 Å². The van der Waals surface area contributed by atoms with Gasteiger partial charge in [0.2, 0.25) is 5.91 Å². The Bertz CT molecular complexity index is 744. The molecule has 3 rings (SSSR count). The maximum absolute atomic E-state index is 12.5. The van der Waals surface area contributed by atoms with Gasteiger partial charge in [-0.3, -0.25) is 4.79 Å². The predicted molar refractivity (Wildman–Crippen MR) is 96.1 cm³/mol. The number of amides is 1. The fourth-order valence-electron chi connectivity index (χ4n) is 2.77. The number of rotatable bonds is 5. The van der Waals surface area contributed by atoms with Crippen LogP contribution in [-0.2, 0) is 22.5 Å². The molecule has 0 atom stereocenters. The molecule has 1 aliphatic rings. The summed E-state index contributed by atoms with van der Waals surface area (Å²) in [6.45, 7) is 4.85. The molecule has 7 heteroatoms. The summed E-state index contributed by atoms with van der Waals surface area (Å²) in [4.78, 5) is 22.7. The Balaban J connectivity index is 1.67. The fraction of sp³-hybridized carbons (Fsp3) is 0.389. The van der Waals surface area contributed by atoms with E-state index in [1.54, 1.807) is 13.1 Å². The topological polar surface area (TPSA) is 93.4 Å². The minimum atomic E-state index is 0.121. The Morgan fingerprint density at radius 2 is 2.04 bits per heavy atom. The molecular weight excluding hydrogens is 318 g/mol. The number of aryl methyl sites for hydroxylation is 1. The summed E-state index contributed by atoms with van der Waals surface area (Å²) in [5, 5.41) is 3.34. The summed E-state index contributed by atoms with van der Waals surface area (Å²) >= 11 is 0. The van der Waals surface area contributed by atoms with Crippen molar-refractivity contribution in [2.24, 2.45) is 0 Å². The van der Waals surface area contributed by atoms with Crippen LogP contribution < -0.4 is 11.1 Å². The molecule has 0 bridgehead atoms. The van der Waals surface area contributed by atoms with Gasteiger partial charge in [-0.15, -0.1) is 0 Å². The summed E-state index contributed by atoms with van der Waals surface area (Å²) in [7, 11) is 0. The second-order valence-electron chi connectivity index (χ2n) is 6.01. The SMILES string of the molecule is Cc1ncc(CNc2ccccc2CC(=O)N2CCOCC2)c(N)n1. The number of hydrogen-bond acceptors (Lipinski definition) is 6. The Labute approximate surface area is 147 Å². The van der Waals surface area contributed by atoms with Gasteiger partial charge in [0.15, 0.2) is 0 Å². The molecule has 0 aliphatic carbocycles. The van der Waals surface area contributed by atoms with Gasteiger partial charge in [-0.2, -0.15) is 0 Å². The number of hydrogen-bond donors (Lipinski definition) is 2. The van der Waals surface area contributed by atoms with Gasteiger partial charge in [-0.05, 0) is 18.6 Å². The van der Waals surface area contributed by atoms with Crippen molar-refractivity contribution in [3.05, 3.63) is 47.4 Å². The molecule has 1 fully saturated rings. The van der Waals surface area contributed by atoms with Gasteiger partial charge in [0.25, 0.3) is 0 Å². The third-order valence-electron chi connectivity index (χ3n) is 4.21. The molecule has 2 heterocycles. The molecular formula is C18H23N5O2. The van der Waals surface area contributed by atoms with Crippen molar-refractivity contribution in [1.82, 2.24) is 14.9 Å². The minimum Gasteiger partial charge on any atom is -0.383 e. The van der Waals surface area contributed by atoms with Crippen LogP contribution in [0.3, 0.4) is 0 Å². The highest BCUT2D eigenvalue weighted by Crippen LogP contribution is 2.19. The first-order chi connectivity index (χ1) is 12.1. The molecule has 2 aromatic rings. The summed E-state index contributed by atoms with van der Waals surface area (Å²) in [6.07, 6.45) is 2.09. The van der Waals surface area contributed by atoms with E-state index in [4.69, 9.17) is 10.5 Å². The maximum Gasteiger partial charge on any atom is 0.227 e. The number of nitrogens with zero attached hydrogens (tertiary/aromatic N) is 3. The lowest BCUT2D eigenvalue weighted by atomic mass is 10.1. The molecule has 0 radical (unpaired) electrons. The van der Waals surface area contributed by atoms with Crippen LogP contribution in [0.25, 0.3) is 0 Å². The summed E-state index contributed by atoms with van der Waals surface area (Å²) in [5.41, 5.74) is 8.66. The van der Waals surface area contributed by atoms with Crippen LogP contribution in [0.4, 0.5) is 11.5 Å². The van der Waals surface area contributed by atoms with Gasteiger partial charge in [0, 0.05) is 37.1 Å². The van der Waals surface area contributed by atoms with Gasteiger partial charge in [-0.1, -0.05) is 18.2 Å². The van der Waals surface area contributed by atoms with Crippen molar-refractivity contribution in [2.45, 2.75) is 19.9 Å². The van der Waals surface area contributed by atoms with Crippen LogP contribution in [-0.4, -0.2) is 47.1 Å². The number of benzene rings is 1. The second kappa shape index (κ2) is 7.94. The number of aromatic nitrogens is 2. The number of ether oxygens (including phenoxy) is 1. The van der Waals surface area contributed by atoms with E-state index in [1.165, 1.54) is 0 Å². The van der Waals surface area contributed by atoms with Gasteiger partial charge in [0.05, 0.1) is 19.6 Å². The van der Waals surface area contributed by atoms with Crippen molar-refractivity contribution in [1.29, 1.82) is 0 Å². The molecule has 0 spiro atoms. The highest BCUT2D eigenvalue weighted by molar-refractivity contribution is 5.80. The van der Waals surface area contributed by atoms with Crippen LogP contribution in [0, 0.1) is 6.92 Å². The van der Waals surface area contributed by atoms with Crippen molar-refractivity contribution >= 4 is 17.4 Å². The van der Waals surface area contributed by atoms with Crippen LogP contribution in [0.5, 0.6) is 0 Å². The van der Waals surface area contributed by atoms with Gasteiger partial charge >= 0.3 is 0 Å². The number of nitrogen functional groups attached to an aromatic ring is 1. The van der Waals surface area contributed by atoms with Crippen LogP contribution in [0.2, 0.25) is 0 Å². The number of nitrogens with two attached hydrogens (primary N) is 1. The van der Waals surface area contributed by atoms with E-state index in [2.05, 4.69) is 15.3 Å².